The third-order valence-electron chi connectivity index (χ3n) is 8.65. The Morgan fingerprint density at radius 3 is 2.72 bits per heavy atom. The van der Waals surface area contributed by atoms with Crippen molar-refractivity contribution < 1.29 is 15.3 Å². The SMILES string of the molecule is CC(C)CCC1CC2(O)C3Cc4ccc(O)cc4C2(CCN3CC2CC2)CC1O. The number of phenols is 1. The highest BCUT2D eigenvalue weighted by molar-refractivity contribution is 5.48. The van der Waals surface area contributed by atoms with Crippen molar-refractivity contribution in [2.75, 3.05) is 13.1 Å². The van der Waals surface area contributed by atoms with Crippen LogP contribution in [0.5, 0.6) is 5.75 Å². The van der Waals surface area contributed by atoms with E-state index in [1.807, 2.05) is 6.07 Å². The number of piperidine rings is 1. The van der Waals surface area contributed by atoms with Crippen molar-refractivity contribution in [3.8, 4) is 5.75 Å². The molecule has 3 N–H and O–H groups in total. The molecule has 160 valence electrons. The molecule has 3 aliphatic carbocycles. The molecule has 0 spiro atoms. The van der Waals surface area contributed by atoms with Gasteiger partial charge in [-0.1, -0.05) is 26.3 Å². The molecule has 0 amide bonds. The lowest BCUT2D eigenvalue weighted by Gasteiger charge is -2.65. The number of nitrogens with zero attached hydrogens (tertiary/aromatic N) is 1. The third-order valence-corrected chi connectivity index (χ3v) is 8.65. The zero-order chi connectivity index (χ0) is 20.4. The number of aliphatic hydroxyl groups excluding tert-OH is 1. The van der Waals surface area contributed by atoms with Gasteiger partial charge in [0.1, 0.15) is 5.75 Å². The number of fused-ring (bicyclic) bond motifs is 1. The van der Waals surface area contributed by atoms with E-state index in [1.54, 1.807) is 6.07 Å². The van der Waals surface area contributed by atoms with E-state index in [4.69, 9.17) is 0 Å². The van der Waals surface area contributed by atoms with Gasteiger partial charge < -0.3 is 15.3 Å². The lowest BCUT2D eigenvalue weighted by Crippen LogP contribution is -2.74. The maximum Gasteiger partial charge on any atom is 0.115 e. The van der Waals surface area contributed by atoms with E-state index in [9.17, 15) is 15.3 Å². The summed E-state index contributed by atoms with van der Waals surface area (Å²) in [5.74, 6) is 1.86. The number of rotatable bonds is 5. The van der Waals surface area contributed by atoms with Crippen LogP contribution in [-0.4, -0.2) is 51.1 Å². The topological polar surface area (TPSA) is 63.9 Å². The number of hydrogen-bond donors (Lipinski definition) is 3. The van der Waals surface area contributed by atoms with Crippen molar-refractivity contribution in [3.05, 3.63) is 29.3 Å². The summed E-state index contributed by atoms with van der Waals surface area (Å²) in [6.45, 7) is 6.56. The summed E-state index contributed by atoms with van der Waals surface area (Å²) < 4.78 is 0. The van der Waals surface area contributed by atoms with Crippen molar-refractivity contribution in [2.24, 2.45) is 17.8 Å². The third kappa shape index (κ3) is 3.14. The van der Waals surface area contributed by atoms with Crippen molar-refractivity contribution >= 4 is 0 Å². The number of hydrogen-bond acceptors (Lipinski definition) is 4. The summed E-state index contributed by atoms with van der Waals surface area (Å²) in [7, 11) is 0. The Kier molecular flexibility index (Phi) is 4.76. The lowest BCUT2D eigenvalue weighted by molar-refractivity contribution is -0.198. The Hall–Kier alpha value is -1.10. The summed E-state index contributed by atoms with van der Waals surface area (Å²) >= 11 is 0. The Labute approximate surface area is 174 Å². The predicted molar refractivity (Wildman–Crippen MR) is 114 cm³/mol. The molecule has 5 atom stereocenters. The predicted octanol–water partition coefficient (Wildman–Crippen LogP) is 3.61. The van der Waals surface area contributed by atoms with Gasteiger partial charge in [0.15, 0.2) is 0 Å². The molecule has 1 aromatic rings. The van der Waals surface area contributed by atoms with Gasteiger partial charge in [-0.2, -0.15) is 0 Å². The average molecular weight is 400 g/mol. The van der Waals surface area contributed by atoms with Crippen LogP contribution in [0, 0.1) is 17.8 Å². The first kappa shape index (κ1) is 19.8. The fourth-order valence-electron chi connectivity index (χ4n) is 6.86. The van der Waals surface area contributed by atoms with Gasteiger partial charge in [0.25, 0.3) is 0 Å². The quantitative estimate of drug-likeness (QED) is 0.708. The second kappa shape index (κ2) is 6.96. The number of likely N-dealkylation sites (tertiary alicyclic amines) is 1. The summed E-state index contributed by atoms with van der Waals surface area (Å²) in [5, 5.41) is 33.8. The van der Waals surface area contributed by atoms with Gasteiger partial charge >= 0.3 is 0 Å². The molecule has 2 saturated carbocycles. The molecule has 1 aromatic carbocycles. The van der Waals surface area contributed by atoms with Gasteiger partial charge in [0.05, 0.1) is 11.7 Å². The molecule has 0 radical (unpaired) electrons. The van der Waals surface area contributed by atoms with Crippen LogP contribution >= 0.6 is 0 Å². The smallest absolute Gasteiger partial charge is 0.115 e. The van der Waals surface area contributed by atoms with E-state index in [0.717, 1.165) is 50.3 Å². The first-order valence-electron chi connectivity index (χ1n) is 11.8. The van der Waals surface area contributed by atoms with Gasteiger partial charge in [-0.05, 0) is 92.5 Å². The monoisotopic (exact) mass is 399 g/mol. The average Bonchev–Trinajstić information content (AvgIpc) is 3.47. The highest BCUT2D eigenvalue weighted by atomic mass is 16.3. The molecule has 1 aliphatic heterocycles. The van der Waals surface area contributed by atoms with E-state index in [2.05, 4.69) is 24.8 Å². The largest absolute Gasteiger partial charge is 0.508 e. The van der Waals surface area contributed by atoms with E-state index in [1.165, 1.54) is 18.4 Å². The van der Waals surface area contributed by atoms with Crippen LogP contribution in [0.2, 0.25) is 0 Å². The molecule has 2 bridgehead atoms. The first-order valence-corrected chi connectivity index (χ1v) is 11.8. The molecule has 29 heavy (non-hydrogen) atoms. The number of aromatic hydroxyl groups is 1. The maximum atomic E-state index is 12.4. The van der Waals surface area contributed by atoms with Crippen LogP contribution in [0.15, 0.2) is 18.2 Å². The minimum atomic E-state index is -0.818. The molecule has 1 heterocycles. The Balaban J connectivity index is 1.55. The fraction of sp³-hybridized carbons (Fsp3) is 0.760. The molecule has 4 heteroatoms. The van der Waals surface area contributed by atoms with Crippen LogP contribution in [0.4, 0.5) is 0 Å². The molecular formula is C25H37NO3. The zero-order valence-corrected chi connectivity index (χ0v) is 18.0. The number of aliphatic hydroxyl groups is 2. The van der Waals surface area contributed by atoms with E-state index >= 15 is 0 Å². The van der Waals surface area contributed by atoms with Crippen molar-refractivity contribution in [2.45, 2.75) is 88.4 Å². The minimum absolute atomic E-state index is 0.128. The Morgan fingerprint density at radius 1 is 1.21 bits per heavy atom. The first-order chi connectivity index (χ1) is 13.8. The highest BCUT2D eigenvalue weighted by Crippen LogP contribution is 2.60. The van der Waals surface area contributed by atoms with E-state index < -0.39 is 11.0 Å². The van der Waals surface area contributed by atoms with E-state index in [-0.39, 0.29) is 23.8 Å². The minimum Gasteiger partial charge on any atom is -0.508 e. The number of phenolic OH excluding ortho intramolecular Hbond substituents is 1. The fourth-order valence-corrected chi connectivity index (χ4v) is 6.86. The molecule has 0 aromatic heterocycles. The van der Waals surface area contributed by atoms with Crippen molar-refractivity contribution in [1.82, 2.24) is 4.90 Å². The maximum absolute atomic E-state index is 12.4. The summed E-state index contributed by atoms with van der Waals surface area (Å²) in [4.78, 5) is 2.57. The highest BCUT2D eigenvalue weighted by Gasteiger charge is 2.66. The van der Waals surface area contributed by atoms with Gasteiger partial charge in [-0.25, -0.2) is 0 Å². The Bertz CT molecular complexity index is 775. The van der Waals surface area contributed by atoms with Gasteiger partial charge in [-0.3, -0.25) is 4.90 Å². The van der Waals surface area contributed by atoms with Crippen LogP contribution in [-0.2, 0) is 11.8 Å². The van der Waals surface area contributed by atoms with Crippen LogP contribution in [0.1, 0.15) is 69.9 Å². The molecule has 4 nitrogen and oxygen atoms in total. The normalized spacial score (nSPS) is 39.3. The van der Waals surface area contributed by atoms with Gasteiger partial charge in [-0.15, -0.1) is 0 Å². The van der Waals surface area contributed by atoms with E-state index in [0.29, 0.717) is 18.8 Å². The summed E-state index contributed by atoms with van der Waals surface area (Å²) in [6.07, 6.45) is 7.39. The molecule has 4 aliphatic rings. The second-order valence-corrected chi connectivity index (χ2v) is 11.0. The van der Waals surface area contributed by atoms with Crippen LogP contribution in [0.25, 0.3) is 0 Å². The Morgan fingerprint density at radius 2 is 2.00 bits per heavy atom. The molecular weight excluding hydrogens is 362 g/mol. The number of benzene rings is 1. The molecule has 3 fully saturated rings. The molecule has 5 rings (SSSR count). The lowest BCUT2D eigenvalue weighted by atomic mass is 9.47. The molecule has 1 saturated heterocycles. The van der Waals surface area contributed by atoms with Gasteiger partial charge in [0, 0.05) is 18.0 Å². The summed E-state index contributed by atoms with van der Waals surface area (Å²) in [5.41, 5.74) is 1.11. The van der Waals surface area contributed by atoms with Gasteiger partial charge in [0.2, 0.25) is 0 Å². The molecule has 5 unspecified atom stereocenters. The van der Waals surface area contributed by atoms with Crippen LogP contribution < -0.4 is 0 Å². The standard InChI is InChI=1S/C25H37NO3/c1-16(2)3-6-19-13-25(29)23-11-18-7-8-20(27)12-21(18)24(25,14-22(19)28)9-10-26(23)15-17-4-5-17/h7-8,12,16-17,19,22-23,27-29H,3-6,9-11,13-15H2,1-2H3. The van der Waals surface area contributed by atoms with Crippen molar-refractivity contribution in [1.29, 1.82) is 0 Å². The van der Waals surface area contributed by atoms with Crippen molar-refractivity contribution in [3.63, 3.8) is 0 Å². The second-order valence-electron chi connectivity index (χ2n) is 11.0. The van der Waals surface area contributed by atoms with Crippen LogP contribution in [0.3, 0.4) is 0 Å². The summed E-state index contributed by atoms with van der Waals surface area (Å²) in [6, 6.07) is 5.85. The zero-order valence-electron chi connectivity index (χ0n) is 18.0.